The van der Waals surface area contributed by atoms with Crippen molar-refractivity contribution < 1.29 is 9.21 Å². The van der Waals surface area contributed by atoms with Gasteiger partial charge in [0.2, 0.25) is 5.91 Å². The second kappa shape index (κ2) is 5.82. The Morgan fingerprint density at radius 1 is 1.17 bits per heavy atom. The Morgan fingerprint density at radius 3 is 2.79 bits per heavy atom. The van der Waals surface area contributed by atoms with Crippen molar-refractivity contribution in [1.29, 1.82) is 0 Å². The smallest absolute Gasteiger partial charge is 0.227 e. The van der Waals surface area contributed by atoms with Crippen molar-refractivity contribution in [2.75, 3.05) is 6.54 Å². The topological polar surface area (TPSA) is 33.5 Å². The minimum absolute atomic E-state index is 0.173. The Labute approximate surface area is 141 Å². The van der Waals surface area contributed by atoms with E-state index in [1.165, 1.54) is 22.3 Å². The summed E-state index contributed by atoms with van der Waals surface area (Å²) >= 11 is 0. The van der Waals surface area contributed by atoms with E-state index in [-0.39, 0.29) is 5.91 Å². The summed E-state index contributed by atoms with van der Waals surface area (Å²) in [4.78, 5) is 14.7. The number of furan rings is 1. The van der Waals surface area contributed by atoms with E-state index in [9.17, 15) is 4.79 Å². The maximum atomic E-state index is 12.8. The lowest BCUT2D eigenvalue weighted by atomic mass is 9.98. The van der Waals surface area contributed by atoms with E-state index in [0.717, 1.165) is 29.5 Å². The Morgan fingerprint density at radius 2 is 1.96 bits per heavy atom. The molecule has 1 aliphatic heterocycles. The Hall–Kier alpha value is -2.55. The highest BCUT2D eigenvalue weighted by atomic mass is 16.3. The van der Waals surface area contributed by atoms with Crippen LogP contribution in [0, 0.1) is 13.8 Å². The molecule has 3 aromatic rings. The molecule has 1 aromatic heterocycles. The van der Waals surface area contributed by atoms with Gasteiger partial charge in [0, 0.05) is 24.0 Å². The van der Waals surface area contributed by atoms with E-state index in [1.807, 2.05) is 17.0 Å². The molecule has 0 atom stereocenters. The van der Waals surface area contributed by atoms with Crippen LogP contribution in [0.25, 0.3) is 11.0 Å². The molecule has 2 heterocycles. The van der Waals surface area contributed by atoms with Crippen molar-refractivity contribution in [3.63, 3.8) is 0 Å². The largest absolute Gasteiger partial charge is 0.464 e. The van der Waals surface area contributed by atoms with Gasteiger partial charge >= 0.3 is 0 Å². The number of fused-ring (bicyclic) bond motifs is 2. The number of benzene rings is 2. The zero-order chi connectivity index (χ0) is 16.7. The van der Waals surface area contributed by atoms with Crippen LogP contribution in [0.2, 0.25) is 0 Å². The molecular weight excluding hydrogens is 298 g/mol. The Kier molecular flexibility index (Phi) is 3.64. The van der Waals surface area contributed by atoms with Gasteiger partial charge in [0.1, 0.15) is 5.58 Å². The average Bonchev–Trinajstić information content (AvgIpc) is 2.97. The summed E-state index contributed by atoms with van der Waals surface area (Å²) in [5.41, 5.74) is 6.85. The average molecular weight is 319 g/mol. The molecule has 3 heteroatoms. The van der Waals surface area contributed by atoms with Crippen LogP contribution < -0.4 is 0 Å². The van der Waals surface area contributed by atoms with Crippen molar-refractivity contribution in [3.8, 4) is 0 Å². The molecule has 24 heavy (non-hydrogen) atoms. The summed E-state index contributed by atoms with van der Waals surface area (Å²) in [6.45, 7) is 5.65. The van der Waals surface area contributed by atoms with Crippen molar-refractivity contribution >= 4 is 16.9 Å². The zero-order valence-electron chi connectivity index (χ0n) is 14.1. The summed E-state index contributed by atoms with van der Waals surface area (Å²) in [6.07, 6.45) is 3.08. The van der Waals surface area contributed by atoms with Crippen molar-refractivity contribution in [1.82, 2.24) is 4.90 Å². The van der Waals surface area contributed by atoms with Gasteiger partial charge in [-0.25, -0.2) is 0 Å². The molecule has 0 bridgehead atoms. The van der Waals surface area contributed by atoms with Gasteiger partial charge in [-0.3, -0.25) is 4.79 Å². The fourth-order valence-corrected chi connectivity index (χ4v) is 3.74. The highest BCUT2D eigenvalue weighted by Crippen LogP contribution is 2.27. The van der Waals surface area contributed by atoms with Crippen molar-refractivity contribution in [2.45, 2.75) is 33.2 Å². The van der Waals surface area contributed by atoms with Gasteiger partial charge in [0.25, 0.3) is 0 Å². The first-order valence-electron chi connectivity index (χ1n) is 8.43. The fraction of sp³-hybridized carbons (Fsp3) is 0.286. The molecular formula is C21H21NO2. The van der Waals surface area contributed by atoms with Gasteiger partial charge in [0.05, 0.1) is 12.7 Å². The third kappa shape index (κ3) is 2.60. The van der Waals surface area contributed by atoms with Gasteiger partial charge in [-0.05, 0) is 48.6 Å². The quantitative estimate of drug-likeness (QED) is 0.710. The van der Waals surface area contributed by atoms with E-state index in [4.69, 9.17) is 4.42 Å². The van der Waals surface area contributed by atoms with Gasteiger partial charge in [0.15, 0.2) is 0 Å². The molecule has 0 fully saturated rings. The highest BCUT2D eigenvalue weighted by Gasteiger charge is 2.22. The molecule has 0 aliphatic carbocycles. The van der Waals surface area contributed by atoms with E-state index in [1.54, 1.807) is 6.26 Å². The van der Waals surface area contributed by atoms with Crippen LogP contribution in [0.4, 0.5) is 0 Å². The minimum atomic E-state index is 0.173. The van der Waals surface area contributed by atoms with Crippen LogP contribution in [0.15, 0.2) is 47.1 Å². The molecule has 0 unspecified atom stereocenters. The maximum absolute atomic E-state index is 12.8. The van der Waals surface area contributed by atoms with Crippen LogP contribution in [0.3, 0.4) is 0 Å². The third-order valence-electron chi connectivity index (χ3n) is 4.92. The van der Waals surface area contributed by atoms with E-state index in [0.29, 0.717) is 13.0 Å². The summed E-state index contributed by atoms with van der Waals surface area (Å²) in [5.74, 6) is 0.173. The summed E-state index contributed by atoms with van der Waals surface area (Å²) in [6, 6.07) is 12.6. The molecule has 122 valence electrons. The molecule has 0 saturated carbocycles. The summed E-state index contributed by atoms with van der Waals surface area (Å²) in [5, 5.41) is 1.09. The summed E-state index contributed by atoms with van der Waals surface area (Å²) in [7, 11) is 0. The SMILES string of the molecule is Cc1cc(C)c2c(CC(=O)N3CCc4ccccc4C3)coc2c1. The number of hydrogen-bond acceptors (Lipinski definition) is 2. The molecule has 0 saturated heterocycles. The van der Waals surface area contributed by atoms with E-state index < -0.39 is 0 Å². The van der Waals surface area contributed by atoms with Gasteiger partial charge in [-0.1, -0.05) is 30.3 Å². The number of rotatable bonds is 2. The Balaban J connectivity index is 1.57. The Bertz CT molecular complexity index is 923. The second-order valence-corrected chi connectivity index (χ2v) is 6.73. The second-order valence-electron chi connectivity index (χ2n) is 6.73. The van der Waals surface area contributed by atoms with E-state index >= 15 is 0 Å². The number of carbonyl (C=O) groups is 1. The van der Waals surface area contributed by atoms with E-state index in [2.05, 4.69) is 38.1 Å². The molecule has 1 aliphatic rings. The van der Waals surface area contributed by atoms with Crippen LogP contribution in [0.5, 0.6) is 0 Å². The standard InChI is InChI=1S/C21H21NO2/c1-14-9-15(2)21-18(13-24-19(21)10-14)11-20(23)22-8-7-16-5-3-4-6-17(16)12-22/h3-6,9-10,13H,7-8,11-12H2,1-2H3. The monoisotopic (exact) mass is 319 g/mol. The molecule has 2 aromatic carbocycles. The fourth-order valence-electron chi connectivity index (χ4n) is 3.74. The maximum Gasteiger partial charge on any atom is 0.227 e. The lowest BCUT2D eigenvalue weighted by Crippen LogP contribution is -2.36. The number of nitrogens with zero attached hydrogens (tertiary/aromatic N) is 1. The first kappa shape index (κ1) is 15.0. The first-order valence-corrected chi connectivity index (χ1v) is 8.43. The summed E-state index contributed by atoms with van der Waals surface area (Å²) < 4.78 is 5.68. The molecule has 3 nitrogen and oxygen atoms in total. The predicted octanol–water partition coefficient (Wildman–Crippen LogP) is 4.18. The molecule has 0 spiro atoms. The van der Waals surface area contributed by atoms with Crippen LogP contribution in [0.1, 0.15) is 27.8 Å². The van der Waals surface area contributed by atoms with Crippen molar-refractivity contribution in [3.05, 3.63) is 70.5 Å². The number of hydrogen-bond donors (Lipinski definition) is 0. The van der Waals surface area contributed by atoms with Crippen molar-refractivity contribution in [2.24, 2.45) is 0 Å². The number of carbonyl (C=O) groups excluding carboxylic acids is 1. The molecule has 0 N–H and O–H groups in total. The molecule has 0 radical (unpaired) electrons. The van der Waals surface area contributed by atoms with Crippen LogP contribution in [-0.4, -0.2) is 17.4 Å². The van der Waals surface area contributed by atoms with Crippen LogP contribution in [-0.2, 0) is 24.2 Å². The number of aryl methyl sites for hydroxylation is 2. The molecule has 1 amide bonds. The van der Waals surface area contributed by atoms with Gasteiger partial charge in [-0.15, -0.1) is 0 Å². The predicted molar refractivity (Wildman–Crippen MR) is 95.0 cm³/mol. The van der Waals surface area contributed by atoms with Gasteiger partial charge < -0.3 is 9.32 Å². The minimum Gasteiger partial charge on any atom is -0.464 e. The lowest BCUT2D eigenvalue weighted by molar-refractivity contribution is -0.131. The number of amides is 1. The van der Waals surface area contributed by atoms with Gasteiger partial charge in [-0.2, -0.15) is 0 Å². The lowest BCUT2D eigenvalue weighted by Gasteiger charge is -2.28. The first-order chi connectivity index (χ1) is 11.6. The highest BCUT2D eigenvalue weighted by molar-refractivity contribution is 5.90. The van der Waals surface area contributed by atoms with Crippen LogP contribution >= 0.6 is 0 Å². The zero-order valence-corrected chi connectivity index (χ0v) is 14.1. The molecule has 4 rings (SSSR count). The third-order valence-corrected chi connectivity index (χ3v) is 4.92. The normalized spacial score (nSPS) is 14.0.